The molecule has 2 aromatic carbocycles. The van der Waals surface area contributed by atoms with Crippen LogP contribution in [-0.2, 0) is 11.3 Å². The highest BCUT2D eigenvalue weighted by atomic mass is 16.5. The van der Waals surface area contributed by atoms with Gasteiger partial charge in [-0.25, -0.2) is 0 Å². The van der Waals surface area contributed by atoms with Gasteiger partial charge in [0.05, 0.1) is 12.1 Å². The Morgan fingerprint density at radius 3 is 2.61 bits per heavy atom. The van der Waals surface area contributed by atoms with Crippen molar-refractivity contribution in [3.05, 3.63) is 70.5 Å². The smallest absolute Gasteiger partial charge is 0.255 e. The van der Waals surface area contributed by atoms with Gasteiger partial charge in [-0.1, -0.05) is 24.3 Å². The third kappa shape index (κ3) is 3.23. The Hall–Kier alpha value is -2.79. The molecule has 5 heteroatoms. The van der Waals surface area contributed by atoms with Gasteiger partial charge in [0.15, 0.2) is 0 Å². The quantitative estimate of drug-likeness (QED) is 0.770. The average Bonchev–Trinajstić information content (AvgIpc) is 3.03. The highest BCUT2D eigenvalue weighted by Gasteiger charge is 2.48. The van der Waals surface area contributed by atoms with Gasteiger partial charge in [0.2, 0.25) is 0 Å². The number of rotatable bonds is 4. The fourth-order valence-corrected chi connectivity index (χ4v) is 4.87. The van der Waals surface area contributed by atoms with Gasteiger partial charge < -0.3 is 19.5 Å². The number of ether oxygens (including phenoxy) is 2. The van der Waals surface area contributed by atoms with Crippen molar-refractivity contribution in [2.75, 3.05) is 0 Å². The van der Waals surface area contributed by atoms with E-state index in [1.807, 2.05) is 58.0 Å². The van der Waals surface area contributed by atoms with Crippen molar-refractivity contribution >= 4 is 11.5 Å². The summed E-state index contributed by atoms with van der Waals surface area (Å²) in [6.45, 7) is 8.31. The van der Waals surface area contributed by atoms with Crippen LogP contribution in [0.4, 0.5) is 0 Å². The number of benzene rings is 2. The lowest BCUT2D eigenvalue weighted by Gasteiger charge is -2.45. The van der Waals surface area contributed by atoms with Crippen LogP contribution in [0.15, 0.2) is 48.2 Å². The summed E-state index contributed by atoms with van der Waals surface area (Å²) in [4.78, 5) is 15.1. The number of amides is 1. The normalized spacial score (nSPS) is 23.9. The number of hydrogen-bond donors (Lipinski definition) is 1. The molecule has 0 spiro atoms. The second-order valence-electron chi connectivity index (χ2n) is 9.51. The molecular formula is C26H29NO4. The van der Waals surface area contributed by atoms with Crippen LogP contribution in [0, 0.1) is 0 Å². The van der Waals surface area contributed by atoms with Crippen LogP contribution < -0.4 is 4.74 Å². The van der Waals surface area contributed by atoms with Crippen LogP contribution in [0.25, 0.3) is 5.57 Å². The fourth-order valence-electron chi connectivity index (χ4n) is 4.87. The van der Waals surface area contributed by atoms with Crippen LogP contribution in [0.2, 0.25) is 0 Å². The molecule has 0 saturated carbocycles. The van der Waals surface area contributed by atoms with E-state index >= 15 is 0 Å². The minimum atomic E-state index is -0.852. The van der Waals surface area contributed by atoms with Crippen LogP contribution in [0.1, 0.15) is 73.6 Å². The lowest BCUT2D eigenvalue weighted by molar-refractivity contribution is -0.0868. The molecule has 2 unspecified atom stereocenters. The van der Waals surface area contributed by atoms with Gasteiger partial charge in [0.1, 0.15) is 23.2 Å². The number of hydrogen-bond acceptors (Lipinski definition) is 4. The molecule has 1 amide bonds. The van der Waals surface area contributed by atoms with E-state index in [2.05, 4.69) is 12.1 Å². The van der Waals surface area contributed by atoms with Gasteiger partial charge in [0.25, 0.3) is 5.91 Å². The molecule has 0 saturated heterocycles. The Morgan fingerprint density at radius 1 is 1.16 bits per heavy atom. The molecule has 0 aromatic heterocycles. The largest absolute Gasteiger partial charge is 0.495 e. The number of allylic oxidation sites excluding steroid dienone is 2. The standard InChI is InChI=1S/C26H29NO4/c1-15(2)30-21-12-10-18(21)16-9-11-22-20(13-16)23(24(28)26(3,4)31-22)27-14-17-7-5-6-8-19(17)25(27)29/h5-9,11,13,15,23-24,28H,10,12,14H2,1-4H3. The zero-order chi connectivity index (χ0) is 21.9. The molecule has 5 nitrogen and oxygen atoms in total. The second-order valence-corrected chi connectivity index (χ2v) is 9.51. The lowest BCUT2D eigenvalue weighted by atomic mass is 9.82. The number of aliphatic hydroxyl groups is 1. The van der Waals surface area contributed by atoms with E-state index in [1.165, 1.54) is 5.57 Å². The summed E-state index contributed by atoms with van der Waals surface area (Å²) >= 11 is 0. The van der Waals surface area contributed by atoms with Crippen LogP contribution in [0.5, 0.6) is 5.75 Å². The van der Waals surface area contributed by atoms with Crippen molar-refractivity contribution in [1.82, 2.24) is 4.90 Å². The molecule has 0 fully saturated rings. The molecule has 162 valence electrons. The van der Waals surface area contributed by atoms with E-state index in [1.54, 1.807) is 4.90 Å². The van der Waals surface area contributed by atoms with Gasteiger partial charge in [-0.15, -0.1) is 0 Å². The monoisotopic (exact) mass is 419 g/mol. The van der Waals surface area contributed by atoms with Crippen molar-refractivity contribution < 1.29 is 19.4 Å². The molecular weight excluding hydrogens is 390 g/mol. The predicted molar refractivity (Wildman–Crippen MR) is 119 cm³/mol. The van der Waals surface area contributed by atoms with Gasteiger partial charge >= 0.3 is 0 Å². The maximum absolute atomic E-state index is 13.3. The minimum absolute atomic E-state index is 0.0413. The predicted octanol–water partition coefficient (Wildman–Crippen LogP) is 4.85. The number of carbonyl (C=O) groups excluding carboxylic acids is 1. The first kappa shape index (κ1) is 20.1. The van der Waals surface area contributed by atoms with E-state index < -0.39 is 17.7 Å². The SMILES string of the molecule is CC(C)OC1=C(c2ccc3c(c2)C(N2Cc4ccccc4C2=O)C(O)C(C)(C)O3)CC1. The van der Waals surface area contributed by atoms with Gasteiger partial charge in [-0.2, -0.15) is 0 Å². The minimum Gasteiger partial charge on any atom is -0.495 e. The third-order valence-corrected chi connectivity index (χ3v) is 6.56. The molecule has 1 aliphatic carbocycles. The number of nitrogens with zero attached hydrogens (tertiary/aromatic N) is 1. The Labute approximate surface area is 183 Å². The summed E-state index contributed by atoms with van der Waals surface area (Å²) < 4.78 is 12.1. The van der Waals surface area contributed by atoms with Crippen molar-refractivity contribution in [1.29, 1.82) is 0 Å². The first-order chi connectivity index (χ1) is 14.8. The molecule has 3 aliphatic rings. The summed E-state index contributed by atoms with van der Waals surface area (Å²) in [5, 5.41) is 11.3. The highest BCUT2D eigenvalue weighted by Crippen LogP contribution is 2.47. The van der Waals surface area contributed by atoms with Gasteiger partial charge in [-0.05, 0) is 69.0 Å². The van der Waals surface area contributed by atoms with E-state index in [0.29, 0.717) is 12.1 Å². The van der Waals surface area contributed by atoms with Gasteiger partial charge in [0, 0.05) is 24.1 Å². The van der Waals surface area contributed by atoms with E-state index in [9.17, 15) is 9.90 Å². The Bertz CT molecular complexity index is 1080. The number of aliphatic hydroxyl groups excluding tert-OH is 1. The van der Waals surface area contributed by atoms with Crippen molar-refractivity contribution in [2.45, 2.75) is 70.9 Å². The summed E-state index contributed by atoms with van der Waals surface area (Å²) in [6.07, 6.45) is 1.20. The van der Waals surface area contributed by atoms with E-state index in [-0.39, 0.29) is 12.0 Å². The lowest BCUT2D eigenvalue weighted by Crippen LogP contribution is -2.53. The van der Waals surface area contributed by atoms with Gasteiger partial charge in [-0.3, -0.25) is 4.79 Å². The summed E-state index contributed by atoms with van der Waals surface area (Å²) in [7, 11) is 0. The fraction of sp³-hybridized carbons (Fsp3) is 0.423. The van der Waals surface area contributed by atoms with Crippen molar-refractivity contribution in [3.8, 4) is 5.75 Å². The second kappa shape index (κ2) is 7.13. The zero-order valence-electron chi connectivity index (χ0n) is 18.5. The molecule has 2 atom stereocenters. The van der Waals surface area contributed by atoms with Crippen LogP contribution in [-0.4, -0.2) is 33.7 Å². The van der Waals surface area contributed by atoms with E-state index in [4.69, 9.17) is 9.47 Å². The van der Waals surface area contributed by atoms with Crippen molar-refractivity contribution in [3.63, 3.8) is 0 Å². The summed E-state index contributed by atoms with van der Waals surface area (Å²) in [5.41, 5.74) is 4.03. The third-order valence-electron chi connectivity index (χ3n) is 6.56. The highest BCUT2D eigenvalue weighted by molar-refractivity contribution is 5.98. The zero-order valence-corrected chi connectivity index (χ0v) is 18.5. The first-order valence-corrected chi connectivity index (χ1v) is 11.0. The molecule has 0 radical (unpaired) electrons. The number of carbonyl (C=O) groups is 1. The Kier molecular flexibility index (Phi) is 4.63. The average molecular weight is 420 g/mol. The van der Waals surface area contributed by atoms with Crippen molar-refractivity contribution in [2.24, 2.45) is 0 Å². The topological polar surface area (TPSA) is 59.0 Å². The van der Waals surface area contributed by atoms with Crippen LogP contribution >= 0.6 is 0 Å². The molecule has 1 N–H and O–H groups in total. The molecule has 31 heavy (non-hydrogen) atoms. The maximum Gasteiger partial charge on any atom is 0.255 e. The Balaban J connectivity index is 1.58. The number of fused-ring (bicyclic) bond motifs is 2. The summed E-state index contributed by atoms with van der Waals surface area (Å²) in [5.74, 6) is 1.72. The first-order valence-electron chi connectivity index (χ1n) is 11.0. The molecule has 2 aromatic rings. The van der Waals surface area contributed by atoms with E-state index in [0.717, 1.165) is 41.0 Å². The molecule has 2 heterocycles. The maximum atomic E-state index is 13.3. The molecule has 0 bridgehead atoms. The Morgan fingerprint density at radius 2 is 1.94 bits per heavy atom. The summed E-state index contributed by atoms with van der Waals surface area (Å²) in [6, 6.07) is 13.3. The molecule has 2 aliphatic heterocycles. The molecule has 5 rings (SSSR count). The van der Waals surface area contributed by atoms with Crippen LogP contribution in [0.3, 0.4) is 0 Å².